The molecule has 0 aliphatic rings. The van der Waals surface area contributed by atoms with Gasteiger partial charge in [0.1, 0.15) is 5.82 Å². The smallest absolute Gasteiger partial charge is 0.328 e. The molecule has 0 saturated carbocycles. The molecule has 4 N–H and O–H groups in total. The minimum Gasteiger partial charge on any atom is -0.480 e. The van der Waals surface area contributed by atoms with E-state index < -0.39 is 30.5 Å². The van der Waals surface area contributed by atoms with Crippen LogP contribution in [0.2, 0.25) is 5.02 Å². The number of aliphatic carboxylic acids is 1. The van der Waals surface area contributed by atoms with E-state index in [9.17, 15) is 14.0 Å². The predicted octanol–water partition coefficient (Wildman–Crippen LogP) is 1.05. The largest absolute Gasteiger partial charge is 0.480 e. The van der Waals surface area contributed by atoms with Crippen molar-refractivity contribution in [1.82, 2.24) is 5.32 Å². The van der Waals surface area contributed by atoms with Crippen molar-refractivity contribution in [2.45, 2.75) is 6.04 Å². The molecule has 0 spiro atoms. The van der Waals surface area contributed by atoms with Crippen LogP contribution in [0.1, 0.15) is 0 Å². The predicted molar refractivity (Wildman–Crippen MR) is 62.1 cm³/mol. The first-order valence-electron chi connectivity index (χ1n) is 4.80. The number of halogens is 2. The molecule has 2 amide bonds. The zero-order valence-corrected chi connectivity index (χ0v) is 9.74. The first kappa shape index (κ1) is 14.2. The average molecular weight is 277 g/mol. The van der Waals surface area contributed by atoms with E-state index in [2.05, 4.69) is 5.32 Å². The number of aliphatic hydroxyl groups excluding tert-OH is 1. The van der Waals surface area contributed by atoms with E-state index in [1.807, 2.05) is 5.32 Å². The van der Waals surface area contributed by atoms with Crippen molar-refractivity contribution in [2.24, 2.45) is 0 Å². The molecule has 1 rings (SSSR count). The number of nitrogens with one attached hydrogen (secondary N) is 2. The molecule has 0 aromatic heterocycles. The van der Waals surface area contributed by atoms with Crippen LogP contribution in [-0.2, 0) is 4.79 Å². The van der Waals surface area contributed by atoms with Crippen LogP contribution >= 0.6 is 11.6 Å². The summed E-state index contributed by atoms with van der Waals surface area (Å²) in [6.45, 7) is -0.752. The van der Waals surface area contributed by atoms with Crippen molar-refractivity contribution < 1.29 is 24.2 Å². The minimum absolute atomic E-state index is 0.0975. The van der Waals surface area contributed by atoms with Gasteiger partial charge in [0.25, 0.3) is 0 Å². The third kappa shape index (κ3) is 3.86. The van der Waals surface area contributed by atoms with Gasteiger partial charge in [-0.1, -0.05) is 11.6 Å². The fourth-order valence-corrected chi connectivity index (χ4v) is 1.20. The van der Waals surface area contributed by atoms with Crippen LogP contribution in [0.4, 0.5) is 14.9 Å². The fourth-order valence-electron chi connectivity index (χ4n) is 1.08. The Kier molecular flexibility index (Phi) is 4.87. The second-order valence-corrected chi connectivity index (χ2v) is 3.71. The molecule has 1 atom stereocenters. The third-order valence-corrected chi connectivity index (χ3v) is 2.27. The molecule has 0 radical (unpaired) electrons. The van der Waals surface area contributed by atoms with Crippen LogP contribution in [0, 0.1) is 5.82 Å². The van der Waals surface area contributed by atoms with Crippen molar-refractivity contribution in [3.8, 4) is 0 Å². The van der Waals surface area contributed by atoms with Gasteiger partial charge in [0.15, 0.2) is 6.04 Å². The molecule has 6 nitrogen and oxygen atoms in total. The van der Waals surface area contributed by atoms with E-state index in [1.165, 1.54) is 12.1 Å². The van der Waals surface area contributed by atoms with Crippen molar-refractivity contribution in [3.63, 3.8) is 0 Å². The number of urea groups is 1. The Bertz CT molecular complexity index is 469. The van der Waals surface area contributed by atoms with Gasteiger partial charge in [-0.15, -0.1) is 0 Å². The van der Waals surface area contributed by atoms with Crippen LogP contribution < -0.4 is 10.6 Å². The Balaban J connectivity index is 2.64. The number of carbonyl (C=O) groups is 2. The minimum atomic E-state index is -1.43. The molecule has 0 unspecified atom stereocenters. The fraction of sp³-hybridized carbons (Fsp3) is 0.200. The zero-order chi connectivity index (χ0) is 13.7. The quantitative estimate of drug-likeness (QED) is 0.660. The third-order valence-electron chi connectivity index (χ3n) is 1.96. The Morgan fingerprint density at radius 1 is 1.44 bits per heavy atom. The van der Waals surface area contributed by atoms with Crippen LogP contribution in [0.15, 0.2) is 18.2 Å². The molecule has 1 aromatic carbocycles. The average Bonchev–Trinajstić information content (AvgIpc) is 2.30. The van der Waals surface area contributed by atoms with Gasteiger partial charge in [0.05, 0.1) is 11.6 Å². The lowest BCUT2D eigenvalue weighted by Gasteiger charge is -2.12. The molecule has 0 aliphatic heterocycles. The standard InChI is InChI=1S/C10H10ClFN2O4/c11-6-2-1-5(3-7(6)12)13-10(18)14-8(4-15)9(16)17/h1-3,8,15H,4H2,(H,16,17)(H2,13,14,18)/t8-/m0/s1. The monoisotopic (exact) mass is 276 g/mol. The first-order valence-corrected chi connectivity index (χ1v) is 5.18. The maximum Gasteiger partial charge on any atom is 0.328 e. The van der Waals surface area contributed by atoms with Crippen LogP contribution in [0.3, 0.4) is 0 Å². The number of carbonyl (C=O) groups excluding carboxylic acids is 1. The zero-order valence-electron chi connectivity index (χ0n) is 8.98. The maximum absolute atomic E-state index is 13.0. The van der Waals surface area contributed by atoms with Crippen molar-refractivity contribution in [1.29, 1.82) is 0 Å². The summed E-state index contributed by atoms with van der Waals surface area (Å²) in [5.74, 6) is -2.10. The number of hydrogen-bond acceptors (Lipinski definition) is 3. The number of benzene rings is 1. The molecule has 0 saturated heterocycles. The van der Waals surface area contributed by atoms with Gasteiger partial charge >= 0.3 is 12.0 Å². The number of anilines is 1. The Labute approximate surface area is 106 Å². The Morgan fingerprint density at radius 3 is 2.61 bits per heavy atom. The molecule has 0 fully saturated rings. The lowest BCUT2D eigenvalue weighted by molar-refractivity contribution is -0.140. The Morgan fingerprint density at radius 2 is 2.11 bits per heavy atom. The van der Waals surface area contributed by atoms with Crippen LogP contribution in [0.25, 0.3) is 0 Å². The van der Waals surface area contributed by atoms with E-state index in [4.69, 9.17) is 21.8 Å². The molecule has 0 heterocycles. The molecule has 1 aromatic rings. The lowest BCUT2D eigenvalue weighted by atomic mass is 10.3. The molecule has 8 heteroatoms. The Hall–Kier alpha value is -1.86. The summed E-state index contributed by atoms with van der Waals surface area (Å²) in [5, 5.41) is 21.4. The van der Waals surface area contributed by atoms with E-state index in [1.54, 1.807) is 0 Å². The number of rotatable bonds is 4. The number of aliphatic hydroxyl groups is 1. The van der Waals surface area contributed by atoms with Gasteiger partial charge < -0.3 is 20.8 Å². The molecule has 98 valence electrons. The highest BCUT2D eigenvalue weighted by Crippen LogP contribution is 2.18. The van der Waals surface area contributed by atoms with Crippen molar-refractivity contribution >= 4 is 29.3 Å². The van der Waals surface area contributed by atoms with Crippen molar-refractivity contribution in [2.75, 3.05) is 11.9 Å². The van der Waals surface area contributed by atoms with Gasteiger partial charge in [0, 0.05) is 5.69 Å². The molecule has 0 bridgehead atoms. The van der Waals surface area contributed by atoms with Crippen molar-refractivity contribution in [3.05, 3.63) is 29.0 Å². The lowest BCUT2D eigenvalue weighted by Crippen LogP contribution is -2.45. The summed E-state index contributed by atoms with van der Waals surface area (Å²) in [6, 6.07) is 1.27. The number of carboxylic acids is 1. The molecule has 18 heavy (non-hydrogen) atoms. The topological polar surface area (TPSA) is 98.7 Å². The summed E-state index contributed by atoms with van der Waals surface area (Å²) < 4.78 is 13.0. The highest BCUT2D eigenvalue weighted by Gasteiger charge is 2.18. The van der Waals surface area contributed by atoms with Crippen LogP contribution in [0.5, 0.6) is 0 Å². The summed E-state index contributed by atoms with van der Waals surface area (Å²) >= 11 is 5.45. The summed E-state index contributed by atoms with van der Waals surface area (Å²) in [4.78, 5) is 21.9. The van der Waals surface area contributed by atoms with Gasteiger partial charge in [0.2, 0.25) is 0 Å². The van der Waals surface area contributed by atoms with E-state index in [-0.39, 0.29) is 10.7 Å². The van der Waals surface area contributed by atoms with Gasteiger partial charge in [-0.25, -0.2) is 14.0 Å². The maximum atomic E-state index is 13.0. The summed E-state index contributed by atoms with van der Waals surface area (Å²) in [6.07, 6.45) is 0. The second-order valence-electron chi connectivity index (χ2n) is 3.30. The van der Waals surface area contributed by atoms with E-state index >= 15 is 0 Å². The van der Waals surface area contributed by atoms with Gasteiger partial charge in [-0.05, 0) is 18.2 Å². The van der Waals surface area contributed by atoms with Gasteiger partial charge in [-0.2, -0.15) is 0 Å². The highest BCUT2D eigenvalue weighted by molar-refractivity contribution is 6.30. The van der Waals surface area contributed by atoms with E-state index in [0.717, 1.165) is 6.07 Å². The molecule has 0 aliphatic carbocycles. The van der Waals surface area contributed by atoms with Crippen LogP contribution in [-0.4, -0.2) is 34.9 Å². The number of amides is 2. The second kappa shape index (κ2) is 6.18. The van der Waals surface area contributed by atoms with E-state index in [0.29, 0.717) is 0 Å². The molecular weight excluding hydrogens is 267 g/mol. The summed E-state index contributed by atoms with van der Waals surface area (Å²) in [5.41, 5.74) is 0.108. The van der Waals surface area contributed by atoms with Gasteiger partial charge in [-0.3, -0.25) is 0 Å². The summed E-state index contributed by atoms with van der Waals surface area (Å²) in [7, 11) is 0. The normalized spacial score (nSPS) is 11.7. The highest BCUT2D eigenvalue weighted by atomic mass is 35.5. The number of carboxylic acid groups (broad SMARTS) is 1. The first-order chi connectivity index (χ1) is 8.43. The SMILES string of the molecule is O=C(Nc1ccc(Cl)c(F)c1)N[C@@H](CO)C(=O)O. The number of hydrogen-bond donors (Lipinski definition) is 4. The molecular formula is C10H10ClFN2O4.